The first-order valence-corrected chi connectivity index (χ1v) is 4.84. The van der Waals surface area contributed by atoms with Crippen LogP contribution in [0.5, 0.6) is 0 Å². The summed E-state index contributed by atoms with van der Waals surface area (Å²) in [6.45, 7) is 0. The lowest BCUT2D eigenvalue weighted by Crippen LogP contribution is -2.18. The summed E-state index contributed by atoms with van der Waals surface area (Å²) in [7, 11) is 0. The van der Waals surface area contributed by atoms with Crippen LogP contribution in [0.15, 0.2) is 29.4 Å². The molecular weight excluding hydrogens is 195 g/mol. The lowest BCUT2D eigenvalue weighted by atomic mass is 10.2. The number of carbonyl (C=O) groups is 1. The zero-order chi connectivity index (χ0) is 10.7. The molecule has 1 amide bonds. The Kier molecular flexibility index (Phi) is 2.76. The van der Waals surface area contributed by atoms with Crippen LogP contribution in [-0.4, -0.2) is 12.1 Å². The summed E-state index contributed by atoms with van der Waals surface area (Å²) in [6, 6.07) is 5.90. The highest BCUT2D eigenvalue weighted by molar-refractivity contribution is 5.84. The molecule has 15 heavy (non-hydrogen) atoms. The molecule has 2 rings (SSSR count). The van der Waals surface area contributed by atoms with Crippen LogP contribution in [-0.2, 0) is 4.79 Å². The molecule has 78 valence electrons. The highest BCUT2D eigenvalue weighted by Crippen LogP contribution is 2.28. The third-order valence-corrected chi connectivity index (χ3v) is 2.21. The molecule has 1 aromatic rings. The molecule has 1 aliphatic carbocycles. The first-order valence-electron chi connectivity index (χ1n) is 4.84. The third-order valence-electron chi connectivity index (χ3n) is 2.21. The number of amides is 1. The van der Waals surface area contributed by atoms with Crippen molar-refractivity contribution in [2.45, 2.75) is 12.8 Å². The van der Waals surface area contributed by atoms with Crippen LogP contribution in [0.3, 0.4) is 0 Å². The zero-order valence-corrected chi connectivity index (χ0v) is 8.11. The number of nitrogens with one attached hydrogen (secondary N) is 1. The fourth-order valence-corrected chi connectivity index (χ4v) is 1.16. The van der Waals surface area contributed by atoms with E-state index in [1.807, 2.05) is 0 Å². The Morgan fingerprint density at radius 1 is 1.40 bits per heavy atom. The van der Waals surface area contributed by atoms with Crippen molar-refractivity contribution in [3.8, 4) is 0 Å². The van der Waals surface area contributed by atoms with E-state index in [2.05, 4.69) is 10.5 Å². The minimum absolute atomic E-state index is 0.0339. The SMILES string of the molecule is O=C(N/N=C\c1ccc(F)cc1)C1CC1. The zero-order valence-electron chi connectivity index (χ0n) is 8.11. The van der Waals surface area contributed by atoms with Crippen LogP contribution in [0, 0.1) is 11.7 Å². The van der Waals surface area contributed by atoms with Gasteiger partial charge in [0.1, 0.15) is 5.82 Å². The van der Waals surface area contributed by atoms with Gasteiger partial charge in [-0.15, -0.1) is 0 Å². The summed E-state index contributed by atoms with van der Waals surface area (Å²) in [6.07, 6.45) is 3.41. The lowest BCUT2D eigenvalue weighted by molar-refractivity contribution is -0.122. The summed E-state index contributed by atoms with van der Waals surface area (Å²) < 4.78 is 12.5. The van der Waals surface area contributed by atoms with E-state index in [0.29, 0.717) is 0 Å². The van der Waals surface area contributed by atoms with Crippen LogP contribution >= 0.6 is 0 Å². The molecule has 0 aliphatic heterocycles. The Morgan fingerprint density at radius 2 is 2.07 bits per heavy atom. The van der Waals surface area contributed by atoms with E-state index < -0.39 is 0 Å². The predicted octanol–water partition coefficient (Wildman–Crippen LogP) is 1.69. The van der Waals surface area contributed by atoms with Crippen LogP contribution in [0.4, 0.5) is 4.39 Å². The highest BCUT2D eigenvalue weighted by Gasteiger charge is 2.29. The molecule has 1 aromatic carbocycles. The second kappa shape index (κ2) is 4.21. The van der Waals surface area contributed by atoms with Crippen molar-refractivity contribution in [2.24, 2.45) is 11.0 Å². The van der Waals surface area contributed by atoms with Gasteiger partial charge in [0.05, 0.1) is 6.21 Å². The quantitative estimate of drug-likeness (QED) is 0.593. The van der Waals surface area contributed by atoms with E-state index in [4.69, 9.17) is 0 Å². The molecule has 0 radical (unpaired) electrons. The van der Waals surface area contributed by atoms with E-state index in [-0.39, 0.29) is 17.6 Å². The molecule has 0 aromatic heterocycles. The minimum Gasteiger partial charge on any atom is -0.273 e. The van der Waals surface area contributed by atoms with Crippen molar-refractivity contribution in [1.82, 2.24) is 5.43 Å². The smallest absolute Gasteiger partial charge is 0.243 e. The largest absolute Gasteiger partial charge is 0.273 e. The first-order chi connectivity index (χ1) is 7.25. The maximum Gasteiger partial charge on any atom is 0.243 e. The van der Waals surface area contributed by atoms with Gasteiger partial charge in [-0.2, -0.15) is 5.10 Å². The monoisotopic (exact) mass is 206 g/mol. The Labute approximate surface area is 87.0 Å². The van der Waals surface area contributed by atoms with E-state index in [1.165, 1.54) is 18.3 Å². The van der Waals surface area contributed by atoms with Crippen LogP contribution < -0.4 is 5.43 Å². The molecule has 4 heteroatoms. The molecule has 1 fully saturated rings. The van der Waals surface area contributed by atoms with Crippen molar-refractivity contribution in [1.29, 1.82) is 0 Å². The van der Waals surface area contributed by atoms with Gasteiger partial charge in [0, 0.05) is 5.92 Å². The summed E-state index contributed by atoms with van der Waals surface area (Å²) in [5.74, 6) is -0.169. The van der Waals surface area contributed by atoms with Crippen LogP contribution in [0.25, 0.3) is 0 Å². The number of halogens is 1. The van der Waals surface area contributed by atoms with Crippen LogP contribution in [0.1, 0.15) is 18.4 Å². The molecule has 0 unspecified atom stereocenters. The van der Waals surface area contributed by atoms with E-state index in [9.17, 15) is 9.18 Å². The normalized spacial score (nSPS) is 15.5. The number of nitrogens with zero attached hydrogens (tertiary/aromatic N) is 1. The maximum absolute atomic E-state index is 12.5. The molecule has 0 spiro atoms. The lowest BCUT2D eigenvalue weighted by Gasteiger charge is -1.95. The van der Waals surface area contributed by atoms with Gasteiger partial charge in [-0.3, -0.25) is 4.79 Å². The van der Waals surface area contributed by atoms with Crippen molar-refractivity contribution >= 4 is 12.1 Å². The van der Waals surface area contributed by atoms with Gasteiger partial charge in [0.25, 0.3) is 0 Å². The minimum atomic E-state index is -0.283. The third kappa shape index (κ3) is 2.87. The summed E-state index contributed by atoms with van der Waals surface area (Å²) >= 11 is 0. The molecular formula is C11H11FN2O. The molecule has 1 saturated carbocycles. The second-order valence-electron chi connectivity index (χ2n) is 3.56. The van der Waals surface area contributed by atoms with Gasteiger partial charge >= 0.3 is 0 Å². The van der Waals surface area contributed by atoms with Gasteiger partial charge in [0.15, 0.2) is 0 Å². The van der Waals surface area contributed by atoms with Crippen LogP contribution in [0.2, 0.25) is 0 Å². The number of carbonyl (C=O) groups excluding carboxylic acids is 1. The van der Waals surface area contributed by atoms with E-state index in [0.717, 1.165) is 18.4 Å². The Hall–Kier alpha value is -1.71. The highest BCUT2D eigenvalue weighted by atomic mass is 19.1. The number of hydrogen-bond donors (Lipinski definition) is 1. The fourth-order valence-electron chi connectivity index (χ4n) is 1.16. The molecule has 1 N–H and O–H groups in total. The van der Waals surface area contributed by atoms with Gasteiger partial charge in [-0.05, 0) is 30.5 Å². The van der Waals surface area contributed by atoms with Gasteiger partial charge in [-0.25, -0.2) is 9.82 Å². The average Bonchev–Trinajstić information content (AvgIpc) is 3.04. The van der Waals surface area contributed by atoms with Gasteiger partial charge < -0.3 is 0 Å². The Balaban J connectivity index is 1.87. The second-order valence-corrected chi connectivity index (χ2v) is 3.56. The van der Waals surface area contributed by atoms with Crippen molar-refractivity contribution in [2.75, 3.05) is 0 Å². The van der Waals surface area contributed by atoms with Crippen molar-refractivity contribution in [3.63, 3.8) is 0 Å². The summed E-state index contributed by atoms with van der Waals surface area (Å²) in [4.78, 5) is 11.2. The maximum atomic E-state index is 12.5. The topological polar surface area (TPSA) is 41.5 Å². The number of benzene rings is 1. The molecule has 0 saturated heterocycles. The molecule has 0 heterocycles. The molecule has 1 aliphatic rings. The Bertz CT molecular complexity index is 382. The summed E-state index contributed by atoms with van der Waals surface area (Å²) in [5, 5.41) is 3.79. The fraction of sp³-hybridized carbons (Fsp3) is 0.273. The van der Waals surface area contributed by atoms with Crippen molar-refractivity contribution < 1.29 is 9.18 Å². The standard InChI is InChI=1S/C11H11FN2O/c12-10-5-1-8(2-6-10)7-13-14-11(15)9-3-4-9/h1-2,5-7,9H,3-4H2,(H,14,15)/b13-7-. The molecule has 3 nitrogen and oxygen atoms in total. The first kappa shape index (κ1) is 9.83. The molecule has 0 atom stereocenters. The van der Waals surface area contributed by atoms with Crippen molar-refractivity contribution in [3.05, 3.63) is 35.6 Å². The van der Waals surface area contributed by atoms with Gasteiger partial charge in [-0.1, -0.05) is 12.1 Å². The number of hydrazone groups is 1. The molecule has 0 bridgehead atoms. The van der Waals surface area contributed by atoms with E-state index >= 15 is 0 Å². The number of rotatable bonds is 3. The van der Waals surface area contributed by atoms with Gasteiger partial charge in [0.2, 0.25) is 5.91 Å². The Morgan fingerprint density at radius 3 is 2.67 bits per heavy atom. The average molecular weight is 206 g/mol. The summed E-state index contributed by atoms with van der Waals surface area (Å²) in [5.41, 5.74) is 3.20. The predicted molar refractivity (Wildman–Crippen MR) is 54.9 cm³/mol. The number of hydrogen-bond acceptors (Lipinski definition) is 2. The van der Waals surface area contributed by atoms with E-state index in [1.54, 1.807) is 12.1 Å².